The zero-order chi connectivity index (χ0) is 19.1. The highest BCUT2D eigenvalue weighted by Crippen LogP contribution is 2.40. The number of nitrogens with zero attached hydrogens (tertiary/aromatic N) is 2. The maximum Gasteiger partial charge on any atom is 0.255 e. The van der Waals surface area contributed by atoms with Gasteiger partial charge in [0.15, 0.2) is 0 Å². The molecule has 2 heterocycles. The van der Waals surface area contributed by atoms with E-state index in [1.165, 1.54) is 4.90 Å². The number of anilines is 1. The Morgan fingerprint density at radius 1 is 1.04 bits per heavy atom. The number of imide groups is 1. The highest BCUT2D eigenvalue weighted by atomic mass is 16.2. The maximum atomic E-state index is 13.1. The Balaban J connectivity index is 1.65. The number of para-hydroxylation sites is 1. The van der Waals surface area contributed by atoms with Gasteiger partial charge in [-0.1, -0.05) is 30.7 Å². The molecule has 2 atom stereocenters. The zero-order valence-electron chi connectivity index (χ0n) is 16.0. The van der Waals surface area contributed by atoms with Crippen molar-refractivity contribution in [1.29, 1.82) is 0 Å². The van der Waals surface area contributed by atoms with E-state index >= 15 is 0 Å². The number of benzene rings is 1. The van der Waals surface area contributed by atoms with E-state index in [0.717, 1.165) is 31.5 Å². The van der Waals surface area contributed by atoms with Gasteiger partial charge in [-0.25, -0.2) is 4.90 Å². The Kier molecular flexibility index (Phi) is 4.62. The molecule has 5 heteroatoms. The van der Waals surface area contributed by atoms with Gasteiger partial charge < -0.3 is 4.90 Å². The van der Waals surface area contributed by atoms with Crippen molar-refractivity contribution in [3.8, 4) is 0 Å². The highest BCUT2D eigenvalue weighted by molar-refractivity contribution is 6.24. The monoisotopic (exact) mass is 366 g/mol. The fraction of sp³-hybridized carbons (Fsp3) is 0.500. The minimum Gasteiger partial charge on any atom is -0.339 e. The van der Waals surface area contributed by atoms with Crippen LogP contribution in [0.5, 0.6) is 0 Å². The number of amides is 3. The van der Waals surface area contributed by atoms with Crippen molar-refractivity contribution in [1.82, 2.24) is 4.90 Å². The molecule has 2 saturated heterocycles. The Morgan fingerprint density at radius 2 is 1.70 bits per heavy atom. The number of rotatable bonds is 2. The van der Waals surface area contributed by atoms with Gasteiger partial charge in [0, 0.05) is 13.1 Å². The van der Waals surface area contributed by atoms with Crippen LogP contribution in [0.1, 0.15) is 49.9 Å². The van der Waals surface area contributed by atoms with Gasteiger partial charge >= 0.3 is 0 Å². The van der Waals surface area contributed by atoms with Crippen molar-refractivity contribution in [3.05, 3.63) is 41.5 Å². The van der Waals surface area contributed by atoms with Crippen molar-refractivity contribution in [2.24, 2.45) is 17.8 Å². The first-order valence-electron chi connectivity index (χ1n) is 9.89. The number of hydrogen-bond acceptors (Lipinski definition) is 3. The number of carbonyl (C=O) groups is 3. The van der Waals surface area contributed by atoms with Crippen LogP contribution in [0.3, 0.4) is 0 Å². The molecule has 0 unspecified atom stereocenters. The van der Waals surface area contributed by atoms with Crippen LogP contribution in [-0.2, 0) is 9.59 Å². The van der Waals surface area contributed by atoms with Gasteiger partial charge in [-0.2, -0.15) is 0 Å². The minimum atomic E-state index is -0.291. The third-order valence-corrected chi connectivity index (χ3v) is 6.27. The van der Waals surface area contributed by atoms with Crippen LogP contribution in [-0.4, -0.2) is 35.7 Å². The predicted molar refractivity (Wildman–Crippen MR) is 103 cm³/mol. The minimum absolute atomic E-state index is 0.0812. The standard InChI is InChI=1S/C22H26N2O3/c1-14-9-11-23(12-10-14)20(25)17-5-3-4-6-19(17)24-21(26)16-8-7-15(2)13-18(16)22(24)27/h3-7,14,16,18H,8-13H2,1-2H3/t16-,18+/m0/s1. The van der Waals surface area contributed by atoms with E-state index in [9.17, 15) is 14.4 Å². The summed E-state index contributed by atoms with van der Waals surface area (Å²) in [5.74, 6) is -0.361. The molecule has 2 aliphatic heterocycles. The molecule has 142 valence electrons. The Labute approximate surface area is 160 Å². The predicted octanol–water partition coefficient (Wildman–Crippen LogP) is 3.40. The number of carbonyl (C=O) groups excluding carboxylic acids is 3. The summed E-state index contributed by atoms with van der Waals surface area (Å²) in [6, 6.07) is 7.05. The number of allylic oxidation sites excluding steroid dienone is 2. The lowest BCUT2D eigenvalue weighted by molar-refractivity contribution is -0.122. The summed E-state index contributed by atoms with van der Waals surface area (Å²) in [6.07, 6.45) is 5.28. The second kappa shape index (κ2) is 6.95. The zero-order valence-corrected chi connectivity index (χ0v) is 16.0. The lowest BCUT2D eigenvalue weighted by atomic mass is 9.82. The summed E-state index contributed by atoms with van der Waals surface area (Å²) in [7, 11) is 0. The molecule has 1 aliphatic carbocycles. The van der Waals surface area contributed by atoms with E-state index in [-0.39, 0.29) is 29.6 Å². The summed E-state index contributed by atoms with van der Waals surface area (Å²) in [5.41, 5.74) is 2.06. The molecular weight excluding hydrogens is 340 g/mol. The Bertz CT molecular complexity index is 821. The molecule has 27 heavy (non-hydrogen) atoms. The molecule has 1 aromatic rings. The molecule has 5 nitrogen and oxygen atoms in total. The smallest absolute Gasteiger partial charge is 0.255 e. The van der Waals surface area contributed by atoms with E-state index < -0.39 is 0 Å². The molecule has 0 radical (unpaired) electrons. The van der Waals surface area contributed by atoms with Gasteiger partial charge in [0.1, 0.15) is 0 Å². The maximum absolute atomic E-state index is 13.1. The quantitative estimate of drug-likeness (QED) is 0.595. The lowest BCUT2D eigenvalue weighted by Crippen LogP contribution is -2.39. The average Bonchev–Trinajstić information content (AvgIpc) is 2.92. The second-order valence-corrected chi connectivity index (χ2v) is 8.21. The summed E-state index contributed by atoms with van der Waals surface area (Å²) in [4.78, 5) is 42.3. The van der Waals surface area contributed by atoms with Crippen molar-refractivity contribution < 1.29 is 14.4 Å². The highest BCUT2D eigenvalue weighted by Gasteiger charge is 2.49. The normalized spacial score (nSPS) is 26.2. The summed E-state index contributed by atoms with van der Waals surface area (Å²) in [5, 5.41) is 0. The largest absolute Gasteiger partial charge is 0.339 e. The molecule has 0 aromatic heterocycles. The number of fused-ring (bicyclic) bond motifs is 1. The molecular formula is C22H26N2O3. The summed E-state index contributed by atoms with van der Waals surface area (Å²) in [6.45, 7) is 5.66. The van der Waals surface area contributed by atoms with Gasteiger partial charge in [0.2, 0.25) is 11.8 Å². The Hall–Kier alpha value is -2.43. The molecule has 1 aromatic carbocycles. The van der Waals surface area contributed by atoms with E-state index in [1.807, 2.05) is 11.8 Å². The van der Waals surface area contributed by atoms with Gasteiger partial charge in [-0.15, -0.1) is 0 Å². The topological polar surface area (TPSA) is 57.7 Å². The van der Waals surface area contributed by atoms with E-state index in [4.69, 9.17) is 0 Å². The SMILES string of the molecule is CC1=CC[C@@H]2C(=O)N(c3ccccc3C(=O)N3CCC(C)CC3)C(=O)[C@@H]2C1. The molecule has 3 amide bonds. The Morgan fingerprint density at radius 3 is 2.44 bits per heavy atom. The van der Waals surface area contributed by atoms with Crippen molar-refractivity contribution in [2.45, 2.75) is 39.5 Å². The third-order valence-electron chi connectivity index (χ3n) is 6.27. The van der Waals surface area contributed by atoms with Crippen molar-refractivity contribution in [3.63, 3.8) is 0 Å². The first kappa shape index (κ1) is 18.0. The molecule has 0 saturated carbocycles. The van der Waals surface area contributed by atoms with E-state index in [0.29, 0.717) is 30.0 Å². The average molecular weight is 366 g/mol. The molecule has 0 spiro atoms. The fourth-order valence-electron chi connectivity index (χ4n) is 4.51. The van der Waals surface area contributed by atoms with E-state index in [1.54, 1.807) is 24.3 Å². The first-order chi connectivity index (χ1) is 13.0. The molecule has 0 N–H and O–H groups in total. The van der Waals surface area contributed by atoms with E-state index in [2.05, 4.69) is 13.0 Å². The van der Waals surface area contributed by atoms with Crippen LogP contribution in [0.4, 0.5) is 5.69 Å². The molecule has 0 bridgehead atoms. The first-order valence-corrected chi connectivity index (χ1v) is 9.89. The molecule has 4 rings (SSSR count). The van der Waals surface area contributed by atoms with Crippen molar-refractivity contribution in [2.75, 3.05) is 18.0 Å². The van der Waals surface area contributed by atoms with Crippen molar-refractivity contribution >= 4 is 23.4 Å². The third kappa shape index (κ3) is 3.09. The summed E-state index contributed by atoms with van der Waals surface area (Å²) >= 11 is 0. The van der Waals surface area contributed by atoms with Crippen LogP contribution < -0.4 is 4.90 Å². The number of likely N-dealkylation sites (tertiary alicyclic amines) is 1. The van der Waals surface area contributed by atoms with Crippen LogP contribution in [0.15, 0.2) is 35.9 Å². The van der Waals surface area contributed by atoms with Crippen LogP contribution in [0.2, 0.25) is 0 Å². The fourth-order valence-corrected chi connectivity index (χ4v) is 4.51. The summed E-state index contributed by atoms with van der Waals surface area (Å²) < 4.78 is 0. The lowest BCUT2D eigenvalue weighted by Gasteiger charge is -2.31. The van der Waals surface area contributed by atoms with Gasteiger partial charge in [-0.3, -0.25) is 14.4 Å². The molecule has 3 aliphatic rings. The van der Waals surface area contributed by atoms with Gasteiger partial charge in [0.05, 0.1) is 23.1 Å². The molecule has 2 fully saturated rings. The van der Waals surface area contributed by atoms with Gasteiger partial charge in [-0.05, 0) is 50.7 Å². The number of hydrogen-bond donors (Lipinski definition) is 0. The van der Waals surface area contributed by atoms with Crippen LogP contribution in [0, 0.1) is 17.8 Å². The second-order valence-electron chi connectivity index (χ2n) is 8.21. The van der Waals surface area contributed by atoms with Crippen LogP contribution in [0.25, 0.3) is 0 Å². The van der Waals surface area contributed by atoms with Gasteiger partial charge in [0.25, 0.3) is 5.91 Å². The number of piperidine rings is 1. The van der Waals surface area contributed by atoms with Crippen LogP contribution >= 0.6 is 0 Å².